The number of nitrogens with zero attached hydrogens (tertiary/aromatic N) is 3. The second kappa shape index (κ2) is 4.71. The summed E-state index contributed by atoms with van der Waals surface area (Å²) in [5, 5.41) is 13.5. The highest BCUT2D eigenvalue weighted by Gasteiger charge is 2.08. The first-order valence-corrected chi connectivity index (χ1v) is 7.40. The molecule has 0 radical (unpaired) electrons. The first-order chi connectivity index (χ1) is 10.3. The van der Waals surface area contributed by atoms with Crippen LogP contribution in [0.25, 0.3) is 28.2 Å². The second-order valence-corrected chi connectivity index (χ2v) is 5.48. The largest absolute Gasteiger partial charge is 0.508 e. The van der Waals surface area contributed by atoms with Gasteiger partial charge in [0.2, 0.25) is 0 Å². The summed E-state index contributed by atoms with van der Waals surface area (Å²) < 4.78 is 2.04. The molecule has 0 fully saturated rings. The number of hydrogen-bond donors (Lipinski definition) is 1. The van der Waals surface area contributed by atoms with Crippen molar-refractivity contribution in [2.45, 2.75) is 0 Å². The Balaban J connectivity index is 1.89. The third kappa shape index (κ3) is 2.08. The summed E-state index contributed by atoms with van der Waals surface area (Å²) in [6.07, 6.45) is 5.60. The van der Waals surface area contributed by atoms with E-state index in [9.17, 15) is 5.11 Å². The molecule has 1 N–H and O–H groups in total. The fourth-order valence-corrected chi connectivity index (χ4v) is 2.94. The van der Waals surface area contributed by atoms with Crippen molar-refractivity contribution < 1.29 is 5.11 Å². The Kier molecular flexibility index (Phi) is 2.72. The maximum atomic E-state index is 9.38. The summed E-state index contributed by atoms with van der Waals surface area (Å²) in [5.74, 6) is 0.251. The highest BCUT2D eigenvalue weighted by molar-refractivity contribution is 7.08. The molecule has 4 nitrogen and oxygen atoms in total. The molecule has 0 aliphatic carbocycles. The minimum atomic E-state index is 0.251. The fraction of sp³-hybridized carbons (Fsp3) is 0. The molecule has 5 heteroatoms. The van der Waals surface area contributed by atoms with E-state index >= 15 is 0 Å². The quantitative estimate of drug-likeness (QED) is 0.611. The molecule has 0 aliphatic heterocycles. The lowest BCUT2D eigenvalue weighted by Gasteiger charge is -2.04. The molecule has 0 saturated carbocycles. The van der Waals surface area contributed by atoms with Gasteiger partial charge in [-0.25, -0.2) is 4.98 Å². The number of benzene rings is 1. The molecule has 0 saturated heterocycles. The van der Waals surface area contributed by atoms with Crippen LogP contribution in [0, 0.1) is 0 Å². The molecule has 0 unspecified atom stereocenters. The van der Waals surface area contributed by atoms with Crippen molar-refractivity contribution in [1.82, 2.24) is 14.4 Å². The monoisotopic (exact) mass is 293 g/mol. The molecular weight excluding hydrogens is 282 g/mol. The van der Waals surface area contributed by atoms with Crippen molar-refractivity contribution in [3.63, 3.8) is 0 Å². The maximum Gasteiger partial charge on any atom is 0.155 e. The lowest BCUT2D eigenvalue weighted by Crippen LogP contribution is -1.92. The zero-order chi connectivity index (χ0) is 14.2. The van der Waals surface area contributed by atoms with Crippen LogP contribution in [-0.4, -0.2) is 19.5 Å². The van der Waals surface area contributed by atoms with Crippen LogP contribution in [0.4, 0.5) is 0 Å². The van der Waals surface area contributed by atoms with E-state index < -0.39 is 0 Å². The summed E-state index contributed by atoms with van der Waals surface area (Å²) in [5.41, 5.74) is 4.82. The van der Waals surface area contributed by atoms with E-state index in [-0.39, 0.29) is 5.75 Å². The van der Waals surface area contributed by atoms with Gasteiger partial charge in [0.05, 0.1) is 23.8 Å². The van der Waals surface area contributed by atoms with E-state index in [1.807, 2.05) is 28.9 Å². The number of hydrogen-bond acceptors (Lipinski definition) is 4. The summed E-state index contributed by atoms with van der Waals surface area (Å²) in [4.78, 5) is 8.83. The molecule has 0 aliphatic rings. The highest BCUT2D eigenvalue weighted by atomic mass is 32.1. The predicted molar refractivity (Wildman–Crippen MR) is 83.4 cm³/mol. The zero-order valence-corrected chi connectivity index (χ0v) is 11.8. The van der Waals surface area contributed by atoms with Crippen LogP contribution in [-0.2, 0) is 0 Å². The number of thiophene rings is 1. The summed E-state index contributed by atoms with van der Waals surface area (Å²) >= 11 is 1.66. The Hall–Kier alpha value is -2.66. The van der Waals surface area contributed by atoms with Crippen molar-refractivity contribution >= 4 is 17.0 Å². The number of fused-ring (bicyclic) bond motifs is 1. The number of phenols is 1. The Labute approximate surface area is 125 Å². The molecule has 0 atom stereocenters. The molecular formula is C16H11N3OS. The molecule has 0 spiro atoms. The molecule has 0 amide bonds. The summed E-state index contributed by atoms with van der Waals surface area (Å²) in [7, 11) is 0. The van der Waals surface area contributed by atoms with E-state index in [1.165, 1.54) is 0 Å². The fourth-order valence-electron chi connectivity index (χ4n) is 2.29. The van der Waals surface area contributed by atoms with E-state index in [1.54, 1.807) is 29.7 Å². The van der Waals surface area contributed by atoms with Gasteiger partial charge in [0.1, 0.15) is 5.75 Å². The number of imidazole rings is 1. The van der Waals surface area contributed by atoms with E-state index in [0.29, 0.717) is 0 Å². The molecule has 3 aromatic heterocycles. The average Bonchev–Trinajstić information content (AvgIpc) is 3.16. The Bertz CT molecular complexity index is 895. The Morgan fingerprint density at radius 1 is 0.952 bits per heavy atom. The molecule has 21 heavy (non-hydrogen) atoms. The third-order valence-corrected chi connectivity index (χ3v) is 4.06. The molecule has 1 aromatic carbocycles. The van der Waals surface area contributed by atoms with Crippen molar-refractivity contribution in [2.75, 3.05) is 0 Å². The van der Waals surface area contributed by atoms with Crippen molar-refractivity contribution in [3.8, 4) is 28.3 Å². The van der Waals surface area contributed by atoms with Gasteiger partial charge >= 0.3 is 0 Å². The van der Waals surface area contributed by atoms with Gasteiger partial charge in [-0.2, -0.15) is 11.3 Å². The standard InChI is InChI=1S/C16H11N3OS/c20-13-3-1-11(2-4-13)14-9-19-15(12-5-6-21-10-12)7-18-16(19)8-17-14/h1-10,20H. The first kappa shape index (κ1) is 12.1. The lowest BCUT2D eigenvalue weighted by molar-refractivity contribution is 0.475. The topological polar surface area (TPSA) is 50.4 Å². The summed E-state index contributed by atoms with van der Waals surface area (Å²) in [6.45, 7) is 0. The number of rotatable bonds is 2. The van der Waals surface area contributed by atoms with Gasteiger partial charge in [-0.3, -0.25) is 9.38 Å². The van der Waals surface area contributed by atoms with E-state index in [0.717, 1.165) is 28.2 Å². The molecule has 0 bridgehead atoms. The number of aromatic nitrogens is 3. The van der Waals surface area contributed by atoms with Crippen LogP contribution >= 0.6 is 11.3 Å². The Morgan fingerprint density at radius 3 is 2.57 bits per heavy atom. The second-order valence-electron chi connectivity index (χ2n) is 4.70. The average molecular weight is 293 g/mol. The normalized spacial score (nSPS) is 11.0. The van der Waals surface area contributed by atoms with Crippen LogP contribution in [0.3, 0.4) is 0 Å². The number of phenolic OH excluding ortho intramolecular Hbond substituents is 1. The lowest BCUT2D eigenvalue weighted by atomic mass is 10.1. The molecule has 3 heterocycles. The zero-order valence-electron chi connectivity index (χ0n) is 11.0. The van der Waals surface area contributed by atoms with Crippen LogP contribution in [0.1, 0.15) is 0 Å². The third-order valence-electron chi connectivity index (χ3n) is 3.38. The van der Waals surface area contributed by atoms with Gasteiger partial charge in [-0.1, -0.05) is 0 Å². The predicted octanol–water partition coefficient (Wildman–Crippen LogP) is 3.83. The first-order valence-electron chi connectivity index (χ1n) is 6.46. The van der Waals surface area contributed by atoms with Crippen LogP contribution in [0.5, 0.6) is 5.75 Å². The van der Waals surface area contributed by atoms with E-state index in [4.69, 9.17) is 0 Å². The maximum absolute atomic E-state index is 9.38. The van der Waals surface area contributed by atoms with Gasteiger partial charge in [-0.05, 0) is 35.7 Å². The van der Waals surface area contributed by atoms with Crippen molar-refractivity contribution in [2.24, 2.45) is 0 Å². The van der Waals surface area contributed by atoms with Crippen LogP contribution in [0.15, 0.2) is 59.7 Å². The van der Waals surface area contributed by atoms with Gasteiger partial charge < -0.3 is 5.11 Å². The minimum Gasteiger partial charge on any atom is -0.508 e. The van der Waals surface area contributed by atoms with Gasteiger partial charge in [0.15, 0.2) is 5.65 Å². The highest BCUT2D eigenvalue weighted by Crippen LogP contribution is 2.25. The summed E-state index contributed by atoms with van der Waals surface area (Å²) in [6, 6.07) is 9.11. The Morgan fingerprint density at radius 2 is 1.81 bits per heavy atom. The van der Waals surface area contributed by atoms with Gasteiger partial charge in [-0.15, -0.1) is 0 Å². The van der Waals surface area contributed by atoms with Crippen LogP contribution < -0.4 is 0 Å². The smallest absolute Gasteiger partial charge is 0.155 e. The minimum absolute atomic E-state index is 0.251. The van der Waals surface area contributed by atoms with E-state index in [2.05, 4.69) is 26.8 Å². The SMILES string of the molecule is Oc1ccc(-c2cn3c(-c4ccsc4)cnc3cn2)cc1. The van der Waals surface area contributed by atoms with Crippen LogP contribution in [0.2, 0.25) is 0 Å². The molecule has 4 aromatic rings. The van der Waals surface area contributed by atoms with Gasteiger partial charge in [0.25, 0.3) is 0 Å². The molecule has 4 rings (SSSR count). The number of aromatic hydroxyl groups is 1. The van der Waals surface area contributed by atoms with Crippen molar-refractivity contribution in [1.29, 1.82) is 0 Å². The van der Waals surface area contributed by atoms with Crippen molar-refractivity contribution in [3.05, 3.63) is 59.7 Å². The molecule has 102 valence electrons. The van der Waals surface area contributed by atoms with Gasteiger partial charge in [0, 0.05) is 22.7 Å².